The van der Waals surface area contributed by atoms with E-state index >= 15 is 0 Å². The fraction of sp³-hybridized carbons (Fsp3) is 1.00. The van der Waals surface area contributed by atoms with Crippen LogP contribution in [0.1, 0.15) is 84.5 Å². The van der Waals surface area contributed by atoms with Gasteiger partial charge >= 0.3 is 0 Å². The van der Waals surface area contributed by atoms with E-state index in [9.17, 15) is 10.2 Å². The first-order valence-corrected chi connectivity index (χ1v) is 7.56. The van der Waals surface area contributed by atoms with Crippen molar-refractivity contribution in [2.45, 2.75) is 96.7 Å². The smallest absolute Gasteiger partial charge is 0.0540 e. The van der Waals surface area contributed by atoms with Gasteiger partial charge in [0.05, 0.1) is 12.2 Å². The lowest BCUT2D eigenvalue weighted by Crippen LogP contribution is -2.06. The summed E-state index contributed by atoms with van der Waals surface area (Å²) in [6.07, 6.45) is 11.8. The van der Waals surface area contributed by atoms with Gasteiger partial charge in [0.2, 0.25) is 0 Å². The molecule has 2 nitrogen and oxygen atoms in total. The third kappa shape index (κ3) is 12.2. The van der Waals surface area contributed by atoms with Gasteiger partial charge in [0, 0.05) is 0 Å². The van der Waals surface area contributed by atoms with Crippen LogP contribution in [0.25, 0.3) is 0 Å². The SMILES string of the molecule is CCCCCC(O)CCCCCCC(O)CC. The molecular formula is C15H32O2. The molecule has 0 heterocycles. The van der Waals surface area contributed by atoms with Gasteiger partial charge in [-0.25, -0.2) is 0 Å². The van der Waals surface area contributed by atoms with Crippen molar-refractivity contribution >= 4 is 0 Å². The van der Waals surface area contributed by atoms with E-state index in [2.05, 4.69) is 6.92 Å². The normalized spacial score (nSPS) is 14.8. The Morgan fingerprint density at radius 1 is 0.647 bits per heavy atom. The van der Waals surface area contributed by atoms with Crippen LogP contribution in [0.3, 0.4) is 0 Å². The number of hydrogen-bond donors (Lipinski definition) is 2. The van der Waals surface area contributed by atoms with Crippen LogP contribution >= 0.6 is 0 Å². The molecule has 0 fully saturated rings. The van der Waals surface area contributed by atoms with E-state index in [1.165, 1.54) is 32.1 Å². The Balaban J connectivity index is 3.16. The average Bonchev–Trinajstić information content (AvgIpc) is 2.33. The summed E-state index contributed by atoms with van der Waals surface area (Å²) in [5, 5.41) is 19.1. The maximum Gasteiger partial charge on any atom is 0.0540 e. The maximum atomic E-state index is 9.72. The van der Waals surface area contributed by atoms with E-state index in [0.29, 0.717) is 0 Å². The highest BCUT2D eigenvalue weighted by Gasteiger charge is 2.04. The molecule has 0 spiro atoms. The molecule has 17 heavy (non-hydrogen) atoms. The van der Waals surface area contributed by atoms with Crippen molar-refractivity contribution in [2.75, 3.05) is 0 Å². The Hall–Kier alpha value is -0.0800. The fourth-order valence-corrected chi connectivity index (χ4v) is 2.09. The molecule has 0 aromatic rings. The largest absolute Gasteiger partial charge is 0.393 e. The van der Waals surface area contributed by atoms with E-state index in [1.54, 1.807) is 0 Å². The summed E-state index contributed by atoms with van der Waals surface area (Å²) in [6, 6.07) is 0. The molecule has 2 heteroatoms. The van der Waals surface area contributed by atoms with Gasteiger partial charge in [0.15, 0.2) is 0 Å². The van der Waals surface area contributed by atoms with Crippen LogP contribution in [0, 0.1) is 0 Å². The topological polar surface area (TPSA) is 40.5 Å². The van der Waals surface area contributed by atoms with Gasteiger partial charge in [-0.3, -0.25) is 0 Å². The lowest BCUT2D eigenvalue weighted by molar-refractivity contribution is 0.145. The molecule has 0 saturated heterocycles. The van der Waals surface area contributed by atoms with Crippen LogP contribution < -0.4 is 0 Å². The Morgan fingerprint density at radius 3 is 1.59 bits per heavy atom. The molecule has 0 rings (SSSR count). The molecular weight excluding hydrogens is 212 g/mol. The first kappa shape index (κ1) is 16.9. The number of aliphatic hydroxyl groups excluding tert-OH is 2. The van der Waals surface area contributed by atoms with Crippen molar-refractivity contribution in [3.05, 3.63) is 0 Å². The van der Waals surface area contributed by atoms with Crippen LogP contribution in [-0.4, -0.2) is 22.4 Å². The summed E-state index contributed by atoms with van der Waals surface area (Å²) in [6.45, 7) is 4.22. The lowest BCUT2D eigenvalue weighted by atomic mass is 10.0. The molecule has 2 N–H and O–H groups in total. The quantitative estimate of drug-likeness (QED) is 0.509. The molecule has 2 unspecified atom stereocenters. The summed E-state index contributed by atoms with van der Waals surface area (Å²) in [7, 11) is 0. The highest BCUT2D eigenvalue weighted by Crippen LogP contribution is 2.13. The number of unbranched alkanes of at least 4 members (excludes halogenated alkanes) is 5. The zero-order valence-corrected chi connectivity index (χ0v) is 11.8. The van der Waals surface area contributed by atoms with Crippen molar-refractivity contribution in [1.29, 1.82) is 0 Å². The first-order valence-electron chi connectivity index (χ1n) is 7.56. The summed E-state index contributed by atoms with van der Waals surface area (Å²) in [5.74, 6) is 0. The molecule has 0 aromatic heterocycles. The van der Waals surface area contributed by atoms with Gasteiger partial charge in [-0.15, -0.1) is 0 Å². The minimum Gasteiger partial charge on any atom is -0.393 e. The van der Waals surface area contributed by atoms with Gasteiger partial charge < -0.3 is 10.2 Å². The van der Waals surface area contributed by atoms with E-state index in [4.69, 9.17) is 0 Å². The molecule has 0 aromatic carbocycles. The molecule has 0 aliphatic heterocycles. The summed E-state index contributed by atoms with van der Waals surface area (Å²) in [5.41, 5.74) is 0. The van der Waals surface area contributed by atoms with Gasteiger partial charge in [0.1, 0.15) is 0 Å². The van der Waals surface area contributed by atoms with E-state index in [0.717, 1.165) is 38.5 Å². The maximum absolute atomic E-state index is 9.72. The lowest BCUT2D eigenvalue weighted by Gasteiger charge is -2.10. The Kier molecular flexibility index (Phi) is 12.3. The van der Waals surface area contributed by atoms with Crippen LogP contribution in [0.15, 0.2) is 0 Å². The standard InChI is InChI=1S/C15H32O2/c1-3-5-8-12-15(17)13-10-7-6-9-11-14(16)4-2/h14-17H,3-13H2,1-2H3. The van der Waals surface area contributed by atoms with Crippen molar-refractivity contribution in [2.24, 2.45) is 0 Å². The highest BCUT2D eigenvalue weighted by molar-refractivity contribution is 4.58. The van der Waals surface area contributed by atoms with Gasteiger partial charge in [0.25, 0.3) is 0 Å². The van der Waals surface area contributed by atoms with Crippen LogP contribution in [0.5, 0.6) is 0 Å². The predicted molar refractivity (Wildman–Crippen MR) is 74.1 cm³/mol. The van der Waals surface area contributed by atoms with Crippen molar-refractivity contribution < 1.29 is 10.2 Å². The molecule has 0 saturated carbocycles. The molecule has 104 valence electrons. The highest BCUT2D eigenvalue weighted by atomic mass is 16.3. The second kappa shape index (κ2) is 12.4. The van der Waals surface area contributed by atoms with E-state index < -0.39 is 0 Å². The average molecular weight is 244 g/mol. The summed E-state index contributed by atoms with van der Waals surface area (Å²) < 4.78 is 0. The summed E-state index contributed by atoms with van der Waals surface area (Å²) in [4.78, 5) is 0. The minimum atomic E-state index is -0.102. The van der Waals surface area contributed by atoms with Gasteiger partial charge in [-0.05, 0) is 25.7 Å². The molecule has 0 amide bonds. The molecule has 0 bridgehead atoms. The molecule has 0 aliphatic carbocycles. The van der Waals surface area contributed by atoms with Crippen LogP contribution in [-0.2, 0) is 0 Å². The molecule has 0 aliphatic rings. The molecule has 0 radical (unpaired) electrons. The second-order valence-electron chi connectivity index (χ2n) is 5.20. The Morgan fingerprint density at radius 2 is 1.12 bits per heavy atom. The third-order valence-electron chi connectivity index (χ3n) is 3.44. The Bertz CT molecular complexity index is 148. The number of rotatable bonds is 12. The summed E-state index contributed by atoms with van der Waals surface area (Å²) >= 11 is 0. The third-order valence-corrected chi connectivity index (χ3v) is 3.44. The second-order valence-corrected chi connectivity index (χ2v) is 5.20. The minimum absolute atomic E-state index is 0.0808. The van der Waals surface area contributed by atoms with Gasteiger partial charge in [-0.1, -0.05) is 58.8 Å². The van der Waals surface area contributed by atoms with Crippen molar-refractivity contribution in [3.8, 4) is 0 Å². The van der Waals surface area contributed by atoms with Crippen LogP contribution in [0.4, 0.5) is 0 Å². The zero-order chi connectivity index (χ0) is 12.9. The predicted octanol–water partition coefficient (Wildman–Crippen LogP) is 4.04. The van der Waals surface area contributed by atoms with Gasteiger partial charge in [-0.2, -0.15) is 0 Å². The van der Waals surface area contributed by atoms with Crippen molar-refractivity contribution in [3.63, 3.8) is 0 Å². The molecule has 2 atom stereocenters. The fourth-order valence-electron chi connectivity index (χ4n) is 2.09. The monoisotopic (exact) mass is 244 g/mol. The van der Waals surface area contributed by atoms with Crippen molar-refractivity contribution in [1.82, 2.24) is 0 Å². The van der Waals surface area contributed by atoms with E-state index in [1.807, 2.05) is 6.92 Å². The number of aliphatic hydroxyl groups is 2. The zero-order valence-electron chi connectivity index (χ0n) is 11.8. The van der Waals surface area contributed by atoms with E-state index in [-0.39, 0.29) is 12.2 Å². The Labute approximate surface area is 107 Å². The van der Waals surface area contributed by atoms with Crippen LogP contribution in [0.2, 0.25) is 0 Å². The number of hydrogen-bond acceptors (Lipinski definition) is 2. The first-order chi connectivity index (χ1) is 8.20.